The molecule has 1 saturated heterocycles. The molecule has 0 radical (unpaired) electrons. The molecule has 1 aliphatic carbocycles. The van der Waals surface area contributed by atoms with Crippen LogP contribution in [0.2, 0.25) is 0 Å². The maximum atomic E-state index is 12.8. The Morgan fingerprint density at radius 3 is 2.65 bits per heavy atom. The molecule has 6 nitrogen and oxygen atoms in total. The van der Waals surface area contributed by atoms with E-state index in [1.807, 2.05) is 0 Å². The molecular weight excluding hydrogens is 346 g/mol. The van der Waals surface area contributed by atoms with Crippen molar-refractivity contribution in [3.63, 3.8) is 0 Å². The molecule has 2 fully saturated rings. The third kappa shape index (κ3) is 3.32. The average Bonchev–Trinajstić information content (AvgIpc) is 3.40. The number of alkyl halides is 2. The number of nitrogens with zero attached hydrogens (tertiary/aromatic N) is 2. The van der Waals surface area contributed by atoms with Crippen LogP contribution in [0.15, 0.2) is 18.2 Å². The van der Waals surface area contributed by atoms with Gasteiger partial charge in [-0.15, -0.1) is 0 Å². The van der Waals surface area contributed by atoms with Gasteiger partial charge in [0.05, 0.1) is 12.5 Å². The van der Waals surface area contributed by atoms with Crippen LogP contribution >= 0.6 is 0 Å². The van der Waals surface area contributed by atoms with E-state index in [0.29, 0.717) is 30.4 Å². The van der Waals surface area contributed by atoms with E-state index in [0.717, 1.165) is 12.8 Å². The van der Waals surface area contributed by atoms with Crippen LogP contribution in [0.5, 0.6) is 11.5 Å². The third-order valence-electron chi connectivity index (χ3n) is 4.92. The fraction of sp³-hybridized carbons (Fsp3) is 0.556. The molecule has 3 aliphatic rings. The molecule has 0 aromatic heterocycles. The highest BCUT2D eigenvalue weighted by molar-refractivity contribution is 6.00. The van der Waals surface area contributed by atoms with Crippen LogP contribution in [-0.4, -0.2) is 55.5 Å². The van der Waals surface area contributed by atoms with Gasteiger partial charge >= 0.3 is 0 Å². The lowest BCUT2D eigenvalue weighted by atomic mass is 10.1. The second-order valence-corrected chi connectivity index (χ2v) is 6.85. The van der Waals surface area contributed by atoms with Gasteiger partial charge in [0.2, 0.25) is 11.8 Å². The number of amides is 2. The molecule has 0 N–H and O–H groups in total. The van der Waals surface area contributed by atoms with Gasteiger partial charge in [0.25, 0.3) is 6.43 Å². The number of halogens is 2. The minimum Gasteiger partial charge on any atom is -0.486 e. The van der Waals surface area contributed by atoms with Crippen molar-refractivity contribution >= 4 is 17.5 Å². The second kappa shape index (κ2) is 6.74. The molecule has 0 bridgehead atoms. The molecule has 0 spiro atoms. The molecule has 2 amide bonds. The number of anilines is 1. The zero-order valence-electron chi connectivity index (χ0n) is 14.2. The van der Waals surface area contributed by atoms with Crippen molar-refractivity contribution in [1.82, 2.24) is 4.90 Å². The molecule has 26 heavy (non-hydrogen) atoms. The topological polar surface area (TPSA) is 59.1 Å². The summed E-state index contributed by atoms with van der Waals surface area (Å²) in [6.45, 7) is 0.560. The van der Waals surface area contributed by atoms with Crippen LogP contribution in [0.3, 0.4) is 0 Å². The quantitative estimate of drug-likeness (QED) is 0.801. The summed E-state index contributed by atoms with van der Waals surface area (Å²) in [7, 11) is 0. The second-order valence-electron chi connectivity index (χ2n) is 6.85. The Labute approximate surface area is 149 Å². The molecule has 4 rings (SSSR count). The van der Waals surface area contributed by atoms with Crippen LogP contribution < -0.4 is 14.4 Å². The zero-order valence-corrected chi connectivity index (χ0v) is 14.2. The van der Waals surface area contributed by atoms with Crippen LogP contribution in [0, 0.1) is 5.92 Å². The highest BCUT2D eigenvalue weighted by Gasteiger charge is 2.42. The first-order chi connectivity index (χ1) is 12.5. The monoisotopic (exact) mass is 366 g/mol. The standard InChI is InChI=1S/C18H20F2N2O4/c19-16(20)10-22(12-1-2-12)18(24)11-7-17(23)21(9-11)13-3-4-14-15(8-13)26-6-5-25-14/h3-4,8,11-12,16H,1-2,5-7,9-10H2. The summed E-state index contributed by atoms with van der Waals surface area (Å²) in [5.74, 6) is 0.0637. The summed E-state index contributed by atoms with van der Waals surface area (Å²) in [5, 5.41) is 0. The zero-order chi connectivity index (χ0) is 18.3. The lowest BCUT2D eigenvalue weighted by molar-refractivity contribution is -0.138. The Hall–Kier alpha value is -2.38. The van der Waals surface area contributed by atoms with Gasteiger partial charge in [-0.1, -0.05) is 0 Å². The normalized spacial score (nSPS) is 22.0. The van der Waals surface area contributed by atoms with Gasteiger partial charge in [-0.05, 0) is 25.0 Å². The fourth-order valence-electron chi connectivity index (χ4n) is 3.51. The van der Waals surface area contributed by atoms with Crippen molar-refractivity contribution in [3.05, 3.63) is 18.2 Å². The van der Waals surface area contributed by atoms with Crippen molar-refractivity contribution in [1.29, 1.82) is 0 Å². The van der Waals surface area contributed by atoms with Crippen molar-refractivity contribution < 1.29 is 27.8 Å². The number of ether oxygens (including phenoxy) is 2. The highest BCUT2D eigenvalue weighted by Crippen LogP contribution is 2.37. The van der Waals surface area contributed by atoms with Gasteiger partial charge in [-0.3, -0.25) is 9.59 Å². The predicted molar refractivity (Wildman–Crippen MR) is 88.6 cm³/mol. The molecule has 1 unspecified atom stereocenters. The average molecular weight is 366 g/mol. The van der Waals surface area contributed by atoms with E-state index in [1.54, 1.807) is 18.2 Å². The van der Waals surface area contributed by atoms with Crippen molar-refractivity contribution in [2.75, 3.05) is 31.2 Å². The first-order valence-electron chi connectivity index (χ1n) is 8.81. The summed E-state index contributed by atoms with van der Waals surface area (Å²) in [6.07, 6.45) is -1.01. The number of carbonyl (C=O) groups is 2. The van der Waals surface area contributed by atoms with E-state index < -0.39 is 18.9 Å². The van der Waals surface area contributed by atoms with Crippen LogP contribution in [0.1, 0.15) is 19.3 Å². The minimum absolute atomic E-state index is 0.0414. The smallest absolute Gasteiger partial charge is 0.255 e. The van der Waals surface area contributed by atoms with E-state index >= 15 is 0 Å². The Kier molecular flexibility index (Phi) is 4.42. The number of benzene rings is 1. The molecule has 8 heteroatoms. The molecule has 140 valence electrons. The summed E-state index contributed by atoms with van der Waals surface area (Å²) < 4.78 is 36.6. The molecule has 1 atom stereocenters. The van der Waals surface area contributed by atoms with Gasteiger partial charge in [-0.2, -0.15) is 0 Å². The van der Waals surface area contributed by atoms with E-state index in [9.17, 15) is 18.4 Å². The van der Waals surface area contributed by atoms with Gasteiger partial charge in [0.15, 0.2) is 11.5 Å². The summed E-state index contributed by atoms with van der Waals surface area (Å²) in [5.41, 5.74) is 0.626. The first kappa shape index (κ1) is 17.1. The molecule has 1 aromatic rings. The van der Waals surface area contributed by atoms with Gasteiger partial charge in [-0.25, -0.2) is 8.78 Å². The summed E-state index contributed by atoms with van der Waals surface area (Å²) in [4.78, 5) is 27.9. The van der Waals surface area contributed by atoms with E-state index in [2.05, 4.69) is 0 Å². The van der Waals surface area contributed by atoms with Crippen molar-refractivity contribution in [2.45, 2.75) is 31.7 Å². The van der Waals surface area contributed by atoms with Crippen LogP contribution in [-0.2, 0) is 9.59 Å². The van der Waals surface area contributed by atoms with Crippen LogP contribution in [0.4, 0.5) is 14.5 Å². The Morgan fingerprint density at radius 2 is 1.96 bits per heavy atom. The van der Waals surface area contributed by atoms with Gasteiger partial charge < -0.3 is 19.3 Å². The predicted octanol–water partition coefficient (Wildman–Crippen LogP) is 2.07. The van der Waals surface area contributed by atoms with Crippen LogP contribution in [0.25, 0.3) is 0 Å². The number of carbonyl (C=O) groups excluding carboxylic acids is 2. The lowest BCUT2D eigenvalue weighted by Gasteiger charge is -2.25. The molecule has 1 aromatic carbocycles. The first-order valence-corrected chi connectivity index (χ1v) is 8.81. The van der Waals surface area contributed by atoms with Gasteiger partial charge in [0, 0.05) is 30.8 Å². The summed E-state index contributed by atoms with van der Waals surface area (Å²) >= 11 is 0. The van der Waals surface area contributed by atoms with E-state index in [4.69, 9.17) is 9.47 Å². The van der Waals surface area contributed by atoms with Crippen molar-refractivity contribution in [2.24, 2.45) is 5.92 Å². The fourth-order valence-corrected chi connectivity index (χ4v) is 3.51. The minimum atomic E-state index is -2.56. The molecular formula is C18H20F2N2O4. The highest BCUT2D eigenvalue weighted by atomic mass is 19.3. The number of fused-ring (bicyclic) bond motifs is 1. The Balaban J connectivity index is 1.49. The SMILES string of the molecule is O=C1CC(C(=O)N(CC(F)F)C2CC2)CN1c1ccc2c(c1)OCCO2. The third-order valence-corrected chi connectivity index (χ3v) is 4.92. The number of rotatable bonds is 5. The lowest BCUT2D eigenvalue weighted by Crippen LogP contribution is -2.41. The maximum absolute atomic E-state index is 12.8. The molecule has 2 heterocycles. The number of hydrogen-bond donors (Lipinski definition) is 0. The maximum Gasteiger partial charge on any atom is 0.255 e. The number of hydrogen-bond acceptors (Lipinski definition) is 4. The van der Waals surface area contributed by atoms with Gasteiger partial charge in [0.1, 0.15) is 13.2 Å². The largest absolute Gasteiger partial charge is 0.486 e. The summed E-state index contributed by atoms with van der Waals surface area (Å²) in [6, 6.07) is 5.10. The van der Waals surface area contributed by atoms with E-state index in [1.165, 1.54) is 9.80 Å². The molecule has 1 saturated carbocycles. The van der Waals surface area contributed by atoms with E-state index in [-0.39, 0.29) is 30.8 Å². The molecule has 2 aliphatic heterocycles. The van der Waals surface area contributed by atoms with Crippen molar-refractivity contribution in [3.8, 4) is 11.5 Å². The Morgan fingerprint density at radius 1 is 1.23 bits per heavy atom. The Bertz CT molecular complexity index is 723.